The van der Waals surface area contributed by atoms with Gasteiger partial charge in [0, 0.05) is 29.3 Å². The van der Waals surface area contributed by atoms with E-state index in [2.05, 4.69) is 0 Å². The quantitative estimate of drug-likeness (QED) is 0.667. The molecule has 4 aliphatic heterocycles. The SMILES string of the molecule is COC1=CC2C=CN3C(=O)C4=C5c6cc(OC)c(OC)cc6C=CN5C(=O)C4=C3C2(C)C=C1OC. The monoisotopic (exact) mass is 472 g/mol. The first-order valence-corrected chi connectivity index (χ1v) is 11.2. The molecule has 5 aliphatic rings. The smallest absolute Gasteiger partial charge is 0.265 e. The highest BCUT2D eigenvalue weighted by Gasteiger charge is 2.56. The number of carbonyl (C=O) groups is 2. The van der Waals surface area contributed by atoms with E-state index in [1.54, 1.807) is 50.6 Å². The molecule has 4 heterocycles. The Kier molecular flexibility index (Phi) is 4.36. The topological polar surface area (TPSA) is 77.5 Å². The molecule has 35 heavy (non-hydrogen) atoms. The number of nitrogens with zero attached hydrogens (tertiary/aromatic N) is 2. The zero-order valence-corrected chi connectivity index (χ0v) is 20.0. The lowest BCUT2D eigenvalue weighted by atomic mass is 9.68. The number of methoxy groups -OCH3 is 4. The Labute approximate surface area is 202 Å². The zero-order valence-electron chi connectivity index (χ0n) is 20.0. The normalized spacial score (nSPS) is 25.6. The molecule has 0 radical (unpaired) electrons. The molecule has 1 aromatic carbocycles. The summed E-state index contributed by atoms with van der Waals surface area (Å²) in [6.45, 7) is 2.02. The van der Waals surface area contributed by atoms with Crippen molar-refractivity contribution < 1.29 is 28.5 Å². The summed E-state index contributed by atoms with van der Waals surface area (Å²) >= 11 is 0. The molecule has 1 aromatic rings. The third-order valence-corrected chi connectivity index (χ3v) is 7.37. The van der Waals surface area contributed by atoms with Crippen molar-refractivity contribution in [2.24, 2.45) is 11.3 Å². The second-order valence-corrected chi connectivity index (χ2v) is 9.01. The van der Waals surface area contributed by atoms with Crippen LogP contribution in [0.2, 0.25) is 0 Å². The van der Waals surface area contributed by atoms with Crippen molar-refractivity contribution in [3.63, 3.8) is 0 Å². The number of hydrogen-bond donors (Lipinski definition) is 0. The Morgan fingerprint density at radius 2 is 1.51 bits per heavy atom. The molecule has 0 fully saturated rings. The molecule has 2 unspecified atom stereocenters. The summed E-state index contributed by atoms with van der Waals surface area (Å²) in [6.07, 6.45) is 11.2. The fourth-order valence-electron chi connectivity index (χ4n) is 5.66. The van der Waals surface area contributed by atoms with E-state index in [0.717, 1.165) is 11.1 Å². The largest absolute Gasteiger partial charge is 0.493 e. The summed E-state index contributed by atoms with van der Waals surface area (Å²) in [4.78, 5) is 30.8. The van der Waals surface area contributed by atoms with Crippen LogP contribution in [0.4, 0.5) is 0 Å². The fraction of sp³-hybridized carbons (Fsp3) is 0.259. The minimum absolute atomic E-state index is 0.120. The Bertz CT molecular complexity index is 1410. The summed E-state index contributed by atoms with van der Waals surface area (Å²) in [5, 5.41) is 0. The summed E-state index contributed by atoms with van der Waals surface area (Å²) in [6, 6.07) is 3.66. The molecular weight excluding hydrogens is 448 g/mol. The number of allylic oxidation sites excluding steroid dienone is 3. The minimum atomic E-state index is -0.691. The maximum Gasteiger partial charge on any atom is 0.265 e. The maximum absolute atomic E-state index is 13.8. The van der Waals surface area contributed by atoms with Gasteiger partial charge in [0.1, 0.15) is 0 Å². The van der Waals surface area contributed by atoms with E-state index in [-0.39, 0.29) is 17.7 Å². The molecule has 1 aliphatic carbocycles. The van der Waals surface area contributed by atoms with Gasteiger partial charge in [-0.3, -0.25) is 19.4 Å². The number of carbonyl (C=O) groups excluding carboxylic acids is 2. The van der Waals surface area contributed by atoms with E-state index in [0.29, 0.717) is 45.6 Å². The first-order chi connectivity index (χ1) is 16.9. The molecule has 178 valence electrons. The second-order valence-electron chi connectivity index (χ2n) is 9.01. The van der Waals surface area contributed by atoms with Gasteiger partial charge in [0.25, 0.3) is 11.8 Å². The van der Waals surface area contributed by atoms with Crippen LogP contribution in [-0.2, 0) is 19.1 Å². The number of fused-ring (bicyclic) bond motifs is 7. The van der Waals surface area contributed by atoms with Crippen molar-refractivity contribution >= 4 is 23.6 Å². The first kappa shape index (κ1) is 21.3. The highest BCUT2D eigenvalue weighted by molar-refractivity contribution is 6.27. The fourth-order valence-corrected chi connectivity index (χ4v) is 5.66. The van der Waals surface area contributed by atoms with Gasteiger partial charge in [-0.1, -0.05) is 6.08 Å². The van der Waals surface area contributed by atoms with E-state index >= 15 is 0 Å². The van der Waals surface area contributed by atoms with Gasteiger partial charge in [-0.2, -0.15) is 0 Å². The van der Waals surface area contributed by atoms with Crippen molar-refractivity contribution in [1.29, 1.82) is 0 Å². The van der Waals surface area contributed by atoms with Crippen molar-refractivity contribution in [2.75, 3.05) is 28.4 Å². The number of rotatable bonds is 4. The summed E-state index contributed by atoms with van der Waals surface area (Å²) < 4.78 is 22.0. The van der Waals surface area contributed by atoms with Gasteiger partial charge in [-0.05, 0) is 42.8 Å². The van der Waals surface area contributed by atoms with Gasteiger partial charge in [0.05, 0.1) is 51.0 Å². The average molecular weight is 472 g/mol. The Balaban J connectivity index is 1.62. The van der Waals surface area contributed by atoms with Gasteiger partial charge in [-0.25, -0.2) is 0 Å². The van der Waals surface area contributed by atoms with Crippen LogP contribution in [0.15, 0.2) is 71.1 Å². The van der Waals surface area contributed by atoms with Gasteiger partial charge in [-0.15, -0.1) is 0 Å². The van der Waals surface area contributed by atoms with Crippen molar-refractivity contribution in [1.82, 2.24) is 9.80 Å². The van der Waals surface area contributed by atoms with Gasteiger partial charge in [0.2, 0.25) is 0 Å². The van der Waals surface area contributed by atoms with Crippen molar-refractivity contribution in [3.8, 4) is 11.5 Å². The molecule has 2 atom stereocenters. The average Bonchev–Trinajstić information content (AvgIpc) is 3.34. The molecule has 8 nitrogen and oxygen atoms in total. The molecule has 6 rings (SSSR count). The van der Waals surface area contributed by atoms with Gasteiger partial charge in [0.15, 0.2) is 23.0 Å². The number of amides is 2. The summed E-state index contributed by atoms with van der Waals surface area (Å²) in [5.41, 5.74) is 2.89. The van der Waals surface area contributed by atoms with Crippen LogP contribution in [0.1, 0.15) is 18.1 Å². The third kappa shape index (κ3) is 2.56. The molecule has 0 saturated carbocycles. The standard InChI is InChI=1S/C27H24N2O6/c1-27-13-20(35-5)18(33-3)11-15(27)7-9-29-24(27)22-21(25(29)30)23-16-12-19(34-4)17(32-2)10-14(16)6-8-28(23)26(22)31/h6-13,15H,1-5H3. The summed E-state index contributed by atoms with van der Waals surface area (Å²) in [7, 11) is 6.30. The van der Waals surface area contributed by atoms with E-state index in [4.69, 9.17) is 18.9 Å². The minimum Gasteiger partial charge on any atom is -0.493 e. The molecule has 0 bridgehead atoms. The molecule has 0 saturated heterocycles. The molecular formula is C27H24N2O6. The van der Waals surface area contributed by atoms with Crippen molar-refractivity contribution in [2.45, 2.75) is 6.92 Å². The maximum atomic E-state index is 13.8. The van der Waals surface area contributed by atoms with E-state index in [1.165, 1.54) is 0 Å². The van der Waals surface area contributed by atoms with Crippen LogP contribution in [0.3, 0.4) is 0 Å². The molecule has 0 aromatic heterocycles. The molecule has 0 N–H and O–H groups in total. The van der Waals surface area contributed by atoms with Crippen LogP contribution >= 0.6 is 0 Å². The van der Waals surface area contributed by atoms with Gasteiger partial charge >= 0.3 is 0 Å². The predicted octanol–water partition coefficient (Wildman–Crippen LogP) is 3.56. The van der Waals surface area contributed by atoms with Gasteiger partial charge < -0.3 is 18.9 Å². The number of ether oxygens (including phenoxy) is 4. The summed E-state index contributed by atoms with van der Waals surface area (Å²) in [5.74, 6) is 1.69. The third-order valence-electron chi connectivity index (χ3n) is 7.37. The lowest BCUT2D eigenvalue weighted by Crippen LogP contribution is -2.40. The molecule has 0 spiro atoms. The lowest BCUT2D eigenvalue weighted by Gasteiger charge is -2.43. The van der Waals surface area contributed by atoms with Crippen LogP contribution < -0.4 is 9.47 Å². The highest BCUT2D eigenvalue weighted by Crippen LogP contribution is 2.57. The number of benzene rings is 1. The Hall–Kier alpha value is -4.20. The zero-order chi connectivity index (χ0) is 24.6. The van der Waals surface area contributed by atoms with Crippen LogP contribution in [0, 0.1) is 11.3 Å². The van der Waals surface area contributed by atoms with Crippen LogP contribution in [0.5, 0.6) is 11.5 Å². The van der Waals surface area contributed by atoms with E-state index < -0.39 is 5.41 Å². The van der Waals surface area contributed by atoms with Crippen LogP contribution in [-0.4, -0.2) is 50.1 Å². The van der Waals surface area contributed by atoms with Crippen LogP contribution in [0.25, 0.3) is 11.8 Å². The van der Waals surface area contributed by atoms with Crippen molar-refractivity contribution in [3.05, 3.63) is 82.2 Å². The lowest BCUT2D eigenvalue weighted by molar-refractivity contribution is -0.123. The van der Waals surface area contributed by atoms with E-state index in [1.807, 2.05) is 43.4 Å². The Morgan fingerprint density at radius 1 is 0.829 bits per heavy atom. The predicted molar refractivity (Wildman–Crippen MR) is 127 cm³/mol. The highest BCUT2D eigenvalue weighted by atomic mass is 16.5. The number of hydrogen-bond acceptors (Lipinski definition) is 6. The Morgan fingerprint density at radius 3 is 2.20 bits per heavy atom. The second kappa shape index (κ2) is 7.15. The van der Waals surface area contributed by atoms with E-state index in [9.17, 15) is 9.59 Å². The first-order valence-electron chi connectivity index (χ1n) is 11.2. The molecule has 8 heteroatoms. The molecule has 2 amide bonds.